The first-order chi connectivity index (χ1) is 23.1. The van der Waals surface area contributed by atoms with Crippen LogP contribution in [0.15, 0.2) is 91.0 Å². The lowest BCUT2D eigenvalue weighted by molar-refractivity contribution is -0.157. The number of ether oxygens (including phenoxy) is 2. The molecule has 3 aromatic rings. The highest BCUT2D eigenvalue weighted by Crippen LogP contribution is 2.48. The molecule has 0 heterocycles. The maximum Gasteiger partial charge on any atom is 0.323 e. The second-order valence-electron chi connectivity index (χ2n) is 13.8. The summed E-state index contributed by atoms with van der Waals surface area (Å²) in [5.41, 5.74) is 7.90. The van der Waals surface area contributed by atoms with Crippen LogP contribution < -0.4 is 16.4 Å². The number of nitrogens with two attached hydrogens (primary N) is 1. The highest BCUT2D eigenvalue weighted by molar-refractivity contribution is 8.00. The van der Waals surface area contributed by atoms with Gasteiger partial charge < -0.3 is 25.8 Å². The maximum absolute atomic E-state index is 13.5. The van der Waals surface area contributed by atoms with Gasteiger partial charge in [-0.3, -0.25) is 19.2 Å². The van der Waals surface area contributed by atoms with Crippen LogP contribution in [0.3, 0.4) is 0 Å². The molecule has 3 rings (SSSR count). The van der Waals surface area contributed by atoms with Crippen molar-refractivity contribution in [1.82, 2.24) is 10.6 Å². The Hall–Kier alpha value is -4.15. The lowest BCUT2D eigenvalue weighted by Gasteiger charge is -2.35. The van der Waals surface area contributed by atoms with Crippen molar-refractivity contribution in [3.8, 4) is 0 Å². The Morgan fingerprint density at radius 1 is 0.694 bits per heavy atom. The number of hydrogen-bond acceptors (Lipinski definition) is 8. The Labute approximate surface area is 295 Å². The molecule has 0 saturated carbocycles. The number of amides is 2. The third-order valence-corrected chi connectivity index (χ3v) is 8.91. The van der Waals surface area contributed by atoms with Crippen molar-refractivity contribution < 1.29 is 28.7 Å². The monoisotopic (exact) mass is 689 g/mol. The number of esters is 2. The standard InChI is InChI=1S/C39H51N3O6S/c1-37(2,3)47-34(44)25-23-32(42-33(43)24-22-31(40)36(46)48-38(4,5)6)35(45)41-26-27-49-39(28-16-10-7-11-17-28,29-18-12-8-13-19-29)30-20-14-9-15-21-30/h7-21,31-32H,22-27,40H2,1-6H3,(H,41,45)(H,42,43). The lowest BCUT2D eigenvalue weighted by Crippen LogP contribution is -2.48. The average Bonchev–Trinajstić information content (AvgIpc) is 3.05. The van der Waals surface area contributed by atoms with Crippen molar-refractivity contribution in [3.05, 3.63) is 108 Å². The molecule has 0 aromatic heterocycles. The number of nitrogens with one attached hydrogen (secondary N) is 2. The summed E-state index contributed by atoms with van der Waals surface area (Å²) in [6, 6.07) is 28.8. The van der Waals surface area contributed by atoms with E-state index >= 15 is 0 Å². The van der Waals surface area contributed by atoms with Crippen LogP contribution in [-0.2, 0) is 33.4 Å². The summed E-state index contributed by atoms with van der Waals surface area (Å²) in [6.45, 7) is 10.8. The van der Waals surface area contributed by atoms with E-state index in [1.807, 2.05) is 54.6 Å². The van der Waals surface area contributed by atoms with Gasteiger partial charge in [0.2, 0.25) is 11.8 Å². The molecule has 0 aliphatic heterocycles. The molecule has 264 valence electrons. The largest absolute Gasteiger partial charge is 0.460 e. The minimum atomic E-state index is -0.995. The summed E-state index contributed by atoms with van der Waals surface area (Å²) in [4.78, 5) is 51.3. The smallest absolute Gasteiger partial charge is 0.323 e. The van der Waals surface area contributed by atoms with Gasteiger partial charge in [0.05, 0.1) is 4.75 Å². The number of thioether (sulfide) groups is 1. The molecular formula is C39H51N3O6S. The molecule has 2 atom stereocenters. The average molecular weight is 690 g/mol. The molecule has 9 nitrogen and oxygen atoms in total. The summed E-state index contributed by atoms with van der Waals surface area (Å²) >= 11 is 1.70. The Morgan fingerprint density at radius 3 is 1.61 bits per heavy atom. The Bertz CT molecular complexity index is 1410. The first-order valence-electron chi connectivity index (χ1n) is 16.7. The van der Waals surface area contributed by atoms with E-state index in [9.17, 15) is 19.2 Å². The second kappa shape index (κ2) is 18.0. The van der Waals surface area contributed by atoms with E-state index in [0.29, 0.717) is 12.3 Å². The third kappa shape index (κ3) is 12.7. The molecule has 0 bridgehead atoms. The van der Waals surface area contributed by atoms with Gasteiger partial charge in [-0.25, -0.2) is 0 Å². The van der Waals surface area contributed by atoms with Crippen LogP contribution in [-0.4, -0.2) is 59.3 Å². The molecule has 0 saturated heterocycles. The molecule has 2 amide bonds. The summed E-state index contributed by atoms with van der Waals surface area (Å²) in [7, 11) is 0. The molecule has 2 unspecified atom stereocenters. The van der Waals surface area contributed by atoms with Crippen LogP contribution in [0.2, 0.25) is 0 Å². The predicted octanol–water partition coefficient (Wildman–Crippen LogP) is 5.88. The zero-order valence-corrected chi connectivity index (χ0v) is 30.3. The van der Waals surface area contributed by atoms with Gasteiger partial charge in [0.1, 0.15) is 23.3 Å². The highest BCUT2D eigenvalue weighted by atomic mass is 32.2. The zero-order valence-electron chi connectivity index (χ0n) is 29.5. The molecule has 3 aromatic carbocycles. The fourth-order valence-electron chi connectivity index (χ4n) is 5.24. The highest BCUT2D eigenvalue weighted by Gasteiger charge is 2.37. The Kier molecular flexibility index (Phi) is 14.4. The SMILES string of the molecule is CC(C)(C)OC(=O)CCC(NC(=O)CCC(N)C(=O)OC(C)(C)C)C(=O)NCCSC(c1ccccc1)(c1ccccc1)c1ccccc1. The van der Waals surface area contributed by atoms with Gasteiger partial charge in [0.25, 0.3) is 0 Å². The van der Waals surface area contributed by atoms with Crippen LogP contribution in [0.25, 0.3) is 0 Å². The van der Waals surface area contributed by atoms with Crippen molar-refractivity contribution in [1.29, 1.82) is 0 Å². The molecule has 49 heavy (non-hydrogen) atoms. The minimum Gasteiger partial charge on any atom is -0.460 e. The summed E-state index contributed by atoms with van der Waals surface area (Å²) in [6.07, 6.45) is -0.0841. The quantitative estimate of drug-likeness (QED) is 0.0964. The van der Waals surface area contributed by atoms with Gasteiger partial charge in [-0.2, -0.15) is 0 Å². The van der Waals surface area contributed by atoms with Crippen LogP contribution in [0, 0.1) is 0 Å². The van der Waals surface area contributed by atoms with Gasteiger partial charge >= 0.3 is 11.9 Å². The first kappa shape index (κ1) is 39.3. The van der Waals surface area contributed by atoms with E-state index in [-0.39, 0.29) is 25.7 Å². The molecule has 0 aliphatic carbocycles. The van der Waals surface area contributed by atoms with Crippen molar-refractivity contribution in [2.75, 3.05) is 12.3 Å². The van der Waals surface area contributed by atoms with Gasteiger partial charge in [-0.05, 0) is 71.1 Å². The van der Waals surface area contributed by atoms with Crippen LogP contribution in [0.4, 0.5) is 0 Å². The molecule has 10 heteroatoms. The zero-order chi connectivity index (χ0) is 36.1. The van der Waals surface area contributed by atoms with E-state index in [0.717, 1.165) is 16.7 Å². The summed E-state index contributed by atoms with van der Waals surface area (Å²) < 4.78 is 10.2. The first-order valence-corrected chi connectivity index (χ1v) is 17.7. The number of carbonyl (C=O) groups excluding carboxylic acids is 4. The fourth-order valence-corrected chi connectivity index (χ4v) is 6.66. The summed E-state index contributed by atoms with van der Waals surface area (Å²) in [5, 5.41) is 5.71. The van der Waals surface area contributed by atoms with Crippen molar-refractivity contribution in [2.24, 2.45) is 5.73 Å². The van der Waals surface area contributed by atoms with Crippen molar-refractivity contribution >= 4 is 35.5 Å². The van der Waals surface area contributed by atoms with E-state index in [2.05, 4.69) is 47.0 Å². The van der Waals surface area contributed by atoms with E-state index < -0.39 is 51.8 Å². The normalized spacial score (nSPS) is 13.1. The summed E-state index contributed by atoms with van der Waals surface area (Å²) in [5.74, 6) is -1.41. The number of hydrogen-bond donors (Lipinski definition) is 3. The van der Waals surface area contributed by atoms with Gasteiger partial charge in [-0.1, -0.05) is 91.0 Å². The number of carbonyl (C=O) groups is 4. The van der Waals surface area contributed by atoms with E-state index in [1.54, 1.807) is 53.3 Å². The van der Waals surface area contributed by atoms with Gasteiger partial charge in [0, 0.05) is 25.1 Å². The Balaban J connectivity index is 1.73. The second-order valence-corrected chi connectivity index (χ2v) is 15.2. The van der Waals surface area contributed by atoms with E-state index in [1.165, 1.54) is 0 Å². The van der Waals surface area contributed by atoms with Crippen LogP contribution >= 0.6 is 11.8 Å². The molecule has 4 N–H and O–H groups in total. The number of benzene rings is 3. The predicted molar refractivity (Wildman–Crippen MR) is 195 cm³/mol. The Morgan fingerprint density at radius 2 is 1.16 bits per heavy atom. The van der Waals surface area contributed by atoms with Crippen LogP contribution in [0.1, 0.15) is 83.9 Å². The molecule has 0 spiro atoms. The lowest BCUT2D eigenvalue weighted by atomic mass is 9.84. The van der Waals surface area contributed by atoms with E-state index in [4.69, 9.17) is 15.2 Å². The third-order valence-electron chi connectivity index (χ3n) is 7.36. The fraction of sp³-hybridized carbons (Fsp3) is 0.436. The maximum atomic E-state index is 13.5. The molecule has 0 radical (unpaired) electrons. The van der Waals surface area contributed by atoms with Gasteiger partial charge in [-0.15, -0.1) is 11.8 Å². The molecule has 0 aliphatic rings. The topological polar surface area (TPSA) is 137 Å². The minimum absolute atomic E-state index is 0.0400. The van der Waals surface area contributed by atoms with Gasteiger partial charge in [0.15, 0.2) is 0 Å². The number of rotatable bonds is 16. The molecule has 0 fully saturated rings. The van der Waals surface area contributed by atoms with Crippen molar-refractivity contribution in [2.45, 2.75) is 95.3 Å². The molecular weight excluding hydrogens is 639 g/mol. The van der Waals surface area contributed by atoms with Crippen molar-refractivity contribution in [3.63, 3.8) is 0 Å². The van der Waals surface area contributed by atoms with Crippen LogP contribution in [0.5, 0.6) is 0 Å².